The van der Waals surface area contributed by atoms with E-state index in [9.17, 15) is 4.79 Å². The summed E-state index contributed by atoms with van der Waals surface area (Å²) >= 11 is 0. The summed E-state index contributed by atoms with van der Waals surface area (Å²) in [6.07, 6.45) is 1.37. The zero-order chi connectivity index (χ0) is 11.6. The van der Waals surface area contributed by atoms with Crippen LogP contribution in [-0.4, -0.2) is 5.78 Å². The molecule has 1 nitrogen and oxygen atoms in total. The van der Waals surface area contributed by atoms with Gasteiger partial charge in [-0.3, -0.25) is 4.79 Å². The van der Waals surface area contributed by atoms with Gasteiger partial charge < -0.3 is 0 Å². The maximum atomic E-state index is 11.6. The molecule has 15 heavy (non-hydrogen) atoms. The second-order valence-corrected chi connectivity index (χ2v) is 4.85. The number of aryl methyl sites for hydroxylation is 1. The average molecular weight is 202 g/mol. The van der Waals surface area contributed by atoms with E-state index in [4.69, 9.17) is 0 Å². The molecule has 0 aliphatic heterocycles. The molecular weight excluding hydrogens is 184 g/mol. The van der Waals surface area contributed by atoms with Crippen LogP contribution in [0, 0.1) is 6.92 Å². The molecule has 1 aromatic carbocycles. The number of carbonyl (C=O) groups excluding carboxylic acids is 1. The molecule has 0 bridgehead atoms. The molecule has 0 heterocycles. The zero-order valence-electron chi connectivity index (χ0n) is 9.92. The lowest BCUT2D eigenvalue weighted by Gasteiger charge is -2.20. The van der Waals surface area contributed by atoms with Crippen molar-refractivity contribution < 1.29 is 4.79 Å². The summed E-state index contributed by atoms with van der Waals surface area (Å²) in [7, 11) is 0. The number of allylic oxidation sites excluding steroid dienone is 1. The van der Waals surface area contributed by atoms with Gasteiger partial charge in [0.15, 0.2) is 5.78 Å². The molecule has 0 fully saturated rings. The third-order valence-electron chi connectivity index (χ3n) is 2.55. The minimum Gasteiger partial charge on any atom is -0.289 e. The van der Waals surface area contributed by atoms with Crippen molar-refractivity contribution in [1.29, 1.82) is 0 Å². The van der Waals surface area contributed by atoms with E-state index in [2.05, 4.69) is 33.4 Å². The Morgan fingerprint density at radius 1 is 1.33 bits per heavy atom. The lowest BCUT2D eigenvalue weighted by molar-refractivity contribution is 0.104. The number of carbonyl (C=O) groups is 1. The first-order valence-corrected chi connectivity index (χ1v) is 5.14. The lowest BCUT2D eigenvalue weighted by atomic mass is 9.85. The van der Waals surface area contributed by atoms with Crippen LogP contribution >= 0.6 is 0 Å². The second-order valence-electron chi connectivity index (χ2n) is 4.85. The van der Waals surface area contributed by atoms with Crippen LogP contribution in [0.2, 0.25) is 0 Å². The highest BCUT2D eigenvalue weighted by Crippen LogP contribution is 2.24. The van der Waals surface area contributed by atoms with Crippen molar-refractivity contribution in [2.24, 2.45) is 0 Å². The van der Waals surface area contributed by atoms with Gasteiger partial charge in [-0.1, -0.05) is 39.5 Å². The number of ketones is 1. The fraction of sp³-hybridized carbons (Fsp3) is 0.357. The standard InChI is InChI=1S/C14H18O/c1-6-13(15)12-9-11(14(3,4)5)8-7-10(12)2/h6-9H,1H2,2-5H3. The predicted octanol–water partition coefficient (Wildman–Crippen LogP) is 3.66. The number of hydrogen-bond acceptors (Lipinski definition) is 1. The highest BCUT2D eigenvalue weighted by molar-refractivity contribution is 6.05. The Morgan fingerprint density at radius 3 is 2.40 bits per heavy atom. The van der Waals surface area contributed by atoms with Crippen LogP contribution in [0.25, 0.3) is 0 Å². The van der Waals surface area contributed by atoms with Gasteiger partial charge in [0.1, 0.15) is 0 Å². The Balaban J connectivity index is 3.29. The van der Waals surface area contributed by atoms with Crippen molar-refractivity contribution in [3.63, 3.8) is 0 Å². The average Bonchev–Trinajstić information content (AvgIpc) is 2.15. The fourth-order valence-electron chi connectivity index (χ4n) is 1.46. The van der Waals surface area contributed by atoms with Crippen LogP contribution in [0.4, 0.5) is 0 Å². The molecule has 1 heteroatoms. The van der Waals surface area contributed by atoms with Gasteiger partial charge in [0.05, 0.1) is 0 Å². The molecule has 0 spiro atoms. The van der Waals surface area contributed by atoms with Crippen molar-refractivity contribution in [3.8, 4) is 0 Å². The summed E-state index contributed by atoms with van der Waals surface area (Å²) in [4.78, 5) is 11.6. The Labute approximate surface area is 91.8 Å². The third-order valence-corrected chi connectivity index (χ3v) is 2.55. The molecule has 0 amide bonds. The minimum atomic E-state index is -0.00130. The van der Waals surface area contributed by atoms with Gasteiger partial charge in [-0.15, -0.1) is 0 Å². The topological polar surface area (TPSA) is 17.1 Å². The number of hydrogen-bond donors (Lipinski definition) is 0. The maximum Gasteiger partial charge on any atom is 0.185 e. The molecule has 1 aromatic rings. The largest absolute Gasteiger partial charge is 0.289 e. The first-order valence-electron chi connectivity index (χ1n) is 5.14. The summed E-state index contributed by atoms with van der Waals surface area (Å²) in [5, 5.41) is 0. The van der Waals surface area contributed by atoms with E-state index in [1.54, 1.807) is 0 Å². The Kier molecular flexibility index (Phi) is 3.13. The van der Waals surface area contributed by atoms with Gasteiger partial charge >= 0.3 is 0 Å². The molecule has 0 aromatic heterocycles. The molecule has 0 aliphatic rings. The Hall–Kier alpha value is -1.37. The number of benzene rings is 1. The third kappa shape index (κ3) is 2.56. The zero-order valence-corrected chi connectivity index (χ0v) is 9.92. The van der Waals surface area contributed by atoms with Crippen LogP contribution in [0.5, 0.6) is 0 Å². The lowest BCUT2D eigenvalue weighted by Crippen LogP contribution is -2.12. The van der Waals surface area contributed by atoms with Gasteiger partial charge in [-0.2, -0.15) is 0 Å². The van der Waals surface area contributed by atoms with E-state index in [1.165, 1.54) is 11.6 Å². The highest BCUT2D eigenvalue weighted by atomic mass is 16.1. The summed E-state index contributed by atoms with van der Waals surface area (Å²) in [6, 6.07) is 6.05. The SMILES string of the molecule is C=CC(=O)c1cc(C(C)(C)C)ccc1C. The van der Waals surface area contributed by atoms with Crippen molar-refractivity contribution in [1.82, 2.24) is 0 Å². The smallest absolute Gasteiger partial charge is 0.185 e. The molecular formula is C14H18O. The molecule has 0 aliphatic carbocycles. The number of rotatable bonds is 2. The van der Waals surface area contributed by atoms with Gasteiger partial charge in [0.2, 0.25) is 0 Å². The van der Waals surface area contributed by atoms with Crippen molar-refractivity contribution in [2.45, 2.75) is 33.1 Å². The van der Waals surface area contributed by atoms with E-state index in [0.29, 0.717) is 0 Å². The summed E-state index contributed by atoms with van der Waals surface area (Å²) in [6.45, 7) is 11.9. The Morgan fingerprint density at radius 2 is 1.93 bits per heavy atom. The van der Waals surface area contributed by atoms with Crippen LogP contribution in [0.1, 0.15) is 42.3 Å². The monoisotopic (exact) mass is 202 g/mol. The molecule has 0 N–H and O–H groups in total. The summed E-state index contributed by atoms with van der Waals surface area (Å²) in [5.74, 6) is -0.00130. The second kappa shape index (κ2) is 4.01. The molecule has 0 atom stereocenters. The maximum absolute atomic E-state index is 11.6. The van der Waals surface area contributed by atoms with Crippen molar-refractivity contribution in [3.05, 3.63) is 47.5 Å². The minimum absolute atomic E-state index is 0.00130. The van der Waals surface area contributed by atoms with Crippen molar-refractivity contribution >= 4 is 5.78 Å². The van der Waals surface area contributed by atoms with Gasteiger partial charge in [0, 0.05) is 5.56 Å². The summed E-state index contributed by atoms with van der Waals surface area (Å²) < 4.78 is 0. The van der Waals surface area contributed by atoms with E-state index in [1.807, 2.05) is 19.1 Å². The van der Waals surface area contributed by atoms with Crippen LogP contribution in [-0.2, 0) is 5.41 Å². The van der Waals surface area contributed by atoms with Gasteiger partial charge in [-0.25, -0.2) is 0 Å². The quantitative estimate of drug-likeness (QED) is 0.528. The van der Waals surface area contributed by atoms with E-state index < -0.39 is 0 Å². The highest BCUT2D eigenvalue weighted by Gasteiger charge is 2.16. The van der Waals surface area contributed by atoms with E-state index in [-0.39, 0.29) is 11.2 Å². The predicted molar refractivity (Wildman–Crippen MR) is 64.4 cm³/mol. The summed E-state index contributed by atoms with van der Waals surface area (Å²) in [5.41, 5.74) is 3.02. The van der Waals surface area contributed by atoms with E-state index >= 15 is 0 Å². The van der Waals surface area contributed by atoms with Crippen LogP contribution in [0.3, 0.4) is 0 Å². The molecule has 0 saturated heterocycles. The molecule has 80 valence electrons. The van der Waals surface area contributed by atoms with Gasteiger partial charge in [0.25, 0.3) is 0 Å². The first-order chi connectivity index (χ1) is 6.86. The van der Waals surface area contributed by atoms with Gasteiger partial charge in [-0.05, 0) is 35.6 Å². The fourth-order valence-corrected chi connectivity index (χ4v) is 1.46. The molecule has 0 saturated carbocycles. The molecule has 0 unspecified atom stereocenters. The first kappa shape index (κ1) is 11.7. The Bertz CT molecular complexity index is 394. The molecule has 1 rings (SSSR count). The normalized spacial score (nSPS) is 11.2. The molecule has 0 radical (unpaired) electrons. The van der Waals surface area contributed by atoms with Crippen LogP contribution in [0.15, 0.2) is 30.9 Å². The van der Waals surface area contributed by atoms with Crippen molar-refractivity contribution in [2.75, 3.05) is 0 Å². The van der Waals surface area contributed by atoms with Crippen LogP contribution < -0.4 is 0 Å². The van der Waals surface area contributed by atoms with E-state index in [0.717, 1.165) is 11.1 Å².